The number of carbonyl (C=O) groups is 1. The highest BCUT2D eigenvalue weighted by Crippen LogP contribution is 2.41. The maximum atomic E-state index is 11.1. The zero-order valence-corrected chi connectivity index (χ0v) is 11.5. The summed E-state index contributed by atoms with van der Waals surface area (Å²) >= 11 is 0. The average Bonchev–Trinajstić information content (AvgIpc) is 2.99. The van der Waals surface area contributed by atoms with Crippen LogP contribution in [0.4, 0.5) is 5.82 Å². The van der Waals surface area contributed by atoms with Crippen LogP contribution in [-0.4, -0.2) is 34.1 Å². The first-order valence-corrected chi connectivity index (χ1v) is 7.60. The van der Waals surface area contributed by atoms with Crippen molar-refractivity contribution in [3.05, 3.63) is 17.1 Å². The predicted octanol–water partition coefficient (Wildman–Crippen LogP) is 1.75. The van der Waals surface area contributed by atoms with Gasteiger partial charge in [-0.25, -0.2) is 9.97 Å². The minimum atomic E-state index is -0.680. The van der Waals surface area contributed by atoms with Crippen molar-refractivity contribution in [1.29, 1.82) is 0 Å². The van der Waals surface area contributed by atoms with Crippen LogP contribution in [0.3, 0.4) is 0 Å². The maximum Gasteiger partial charge on any atom is 0.308 e. The fourth-order valence-electron chi connectivity index (χ4n) is 3.37. The molecule has 0 bridgehead atoms. The van der Waals surface area contributed by atoms with Gasteiger partial charge in [-0.2, -0.15) is 0 Å². The first-order chi connectivity index (χ1) is 9.72. The van der Waals surface area contributed by atoms with E-state index in [4.69, 9.17) is 15.1 Å². The topological polar surface area (TPSA) is 66.3 Å². The first kappa shape index (κ1) is 12.1. The van der Waals surface area contributed by atoms with E-state index in [2.05, 4.69) is 4.90 Å². The van der Waals surface area contributed by atoms with Crippen LogP contribution in [0.1, 0.15) is 48.7 Å². The van der Waals surface area contributed by atoms with E-state index in [1.165, 1.54) is 24.1 Å². The van der Waals surface area contributed by atoms with Gasteiger partial charge in [0.05, 0.1) is 5.92 Å². The van der Waals surface area contributed by atoms with Gasteiger partial charge >= 0.3 is 5.97 Å². The Morgan fingerprint density at radius 1 is 1.20 bits per heavy atom. The van der Waals surface area contributed by atoms with E-state index in [-0.39, 0.29) is 5.92 Å². The van der Waals surface area contributed by atoms with Gasteiger partial charge in [0.1, 0.15) is 11.6 Å². The van der Waals surface area contributed by atoms with Crippen LogP contribution in [0.2, 0.25) is 0 Å². The van der Waals surface area contributed by atoms with Crippen molar-refractivity contribution in [3.8, 4) is 0 Å². The van der Waals surface area contributed by atoms with Gasteiger partial charge in [-0.1, -0.05) is 0 Å². The van der Waals surface area contributed by atoms with Crippen molar-refractivity contribution < 1.29 is 9.90 Å². The molecular weight excluding hydrogens is 254 g/mol. The number of hydrogen-bond donors (Lipinski definition) is 1. The van der Waals surface area contributed by atoms with E-state index in [9.17, 15) is 4.79 Å². The third-order valence-corrected chi connectivity index (χ3v) is 4.71. The van der Waals surface area contributed by atoms with Crippen molar-refractivity contribution in [1.82, 2.24) is 9.97 Å². The van der Waals surface area contributed by atoms with Crippen molar-refractivity contribution in [3.63, 3.8) is 0 Å². The fraction of sp³-hybridized carbons (Fsp3) is 0.667. The highest BCUT2D eigenvalue weighted by Gasteiger charge is 2.34. The summed E-state index contributed by atoms with van der Waals surface area (Å²) < 4.78 is 0. The maximum absolute atomic E-state index is 11.1. The number of nitrogens with zero attached hydrogens (tertiary/aromatic N) is 3. The van der Waals surface area contributed by atoms with Crippen molar-refractivity contribution in [2.45, 2.75) is 44.4 Å². The van der Waals surface area contributed by atoms with Gasteiger partial charge in [0.25, 0.3) is 0 Å². The highest BCUT2D eigenvalue weighted by atomic mass is 16.4. The second-order valence-corrected chi connectivity index (χ2v) is 6.23. The van der Waals surface area contributed by atoms with Crippen molar-refractivity contribution >= 4 is 11.8 Å². The molecule has 5 heteroatoms. The molecule has 1 saturated heterocycles. The summed E-state index contributed by atoms with van der Waals surface area (Å²) in [6, 6.07) is 0. The van der Waals surface area contributed by atoms with Crippen molar-refractivity contribution in [2.75, 3.05) is 18.0 Å². The molecule has 1 aliphatic heterocycles. The molecule has 2 heterocycles. The summed E-state index contributed by atoms with van der Waals surface area (Å²) in [6.45, 7) is 1.41. The van der Waals surface area contributed by atoms with E-state index in [0.717, 1.165) is 43.9 Å². The Hall–Kier alpha value is -1.65. The number of fused-ring (bicyclic) bond motifs is 1. The molecule has 1 unspecified atom stereocenters. The summed E-state index contributed by atoms with van der Waals surface area (Å²) in [6.07, 6.45) is 6.39. The Kier molecular flexibility index (Phi) is 2.69. The lowest BCUT2D eigenvalue weighted by Crippen LogP contribution is -2.25. The van der Waals surface area contributed by atoms with Gasteiger partial charge in [-0.05, 0) is 38.5 Å². The Bertz CT molecular complexity index is 568. The predicted molar refractivity (Wildman–Crippen MR) is 74.0 cm³/mol. The zero-order valence-electron chi connectivity index (χ0n) is 11.5. The number of aliphatic carboxylic acids is 1. The van der Waals surface area contributed by atoms with Gasteiger partial charge in [0, 0.05) is 30.3 Å². The SMILES string of the molecule is O=C(O)C1CCN(c2nc(C3CC3)nc3c2CCC3)C1. The molecule has 1 aromatic rings. The van der Waals surface area contributed by atoms with E-state index in [1.807, 2.05) is 0 Å². The van der Waals surface area contributed by atoms with Crippen LogP contribution in [0.5, 0.6) is 0 Å². The number of carboxylic acids is 1. The molecule has 0 amide bonds. The number of aryl methyl sites for hydroxylation is 1. The van der Waals surface area contributed by atoms with E-state index < -0.39 is 5.97 Å². The lowest BCUT2D eigenvalue weighted by molar-refractivity contribution is -0.140. The summed E-state index contributed by atoms with van der Waals surface area (Å²) in [5, 5.41) is 9.16. The number of hydrogen-bond acceptors (Lipinski definition) is 4. The van der Waals surface area contributed by atoms with Crippen LogP contribution in [0.25, 0.3) is 0 Å². The molecule has 0 spiro atoms. The van der Waals surface area contributed by atoms with Crippen molar-refractivity contribution in [2.24, 2.45) is 5.92 Å². The Balaban J connectivity index is 1.68. The minimum Gasteiger partial charge on any atom is -0.481 e. The minimum absolute atomic E-state index is 0.244. The van der Waals surface area contributed by atoms with E-state index >= 15 is 0 Å². The highest BCUT2D eigenvalue weighted by molar-refractivity contribution is 5.72. The second-order valence-electron chi connectivity index (χ2n) is 6.23. The van der Waals surface area contributed by atoms with E-state index in [1.54, 1.807) is 0 Å². The van der Waals surface area contributed by atoms with Crippen LogP contribution >= 0.6 is 0 Å². The van der Waals surface area contributed by atoms with Crippen LogP contribution in [-0.2, 0) is 17.6 Å². The Morgan fingerprint density at radius 2 is 2.05 bits per heavy atom. The van der Waals surface area contributed by atoms with Gasteiger partial charge in [0.2, 0.25) is 0 Å². The molecular formula is C15H19N3O2. The molecule has 2 aliphatic carbocycles. The third kappa shape index (κ3) is 1.96. The lowest BCUT2D eigenvalue weighted by atomic mass is 10.1. The number of carboxylic acid groups (broad SMARTS) is 1. The summed E-state index contributed by atoms with van der Waals surface area (Å²) in [5.41, 5.74) is 2.50. The molecule has 20 heavy (non-hydrogen) atoms. The molecule has 0 radical (unpaired) electrons. The van der Waals surface area contributed by atoms with E-state index in [0.29, 0.717) is 12.5 Å². The number of rotatable bonds is 3. The van der Waals surface area contributed by atoms with Crippen LogP contribution < -0.4 is 4.90 Å². The summed E-state index contributed by atoms with van der Waals surface area (Å²) in [5.74, 6) is 1.67. The summed E-state index contributed by atoms with van der Waals surface area (Å²) in [4.78, 5) is 22.9. The fourth-order valence-corrected chi connectivity index (χ4v) is 3.37. The summed E-state index contributed by atoms with van der Waals surface area (Å²) in [7, 11) is 0. The molecule has 5 nitrogen and oxygen atoms in total. The normalized spacial score (nSPS) is 25.0. The number of aromatic nitrogens is 2. The average molecular weight is 273 g/mol. The lowest BCUT2D eigenvalue weighted by Gasteiger charge is -2.21. The Labute approximate surface area is 118 Å². The molecule has 2 fully saturated rings. The van der Waals surface area contributed by atoms with Gasteiger partial charge in [0.15, 0.2) is 0 Å². The number of anilines is 1. The zero-order chi connectivity index (χ0) is 13.7. The molecule has 106 valence electrons. The standard InChI is InChI=1S/C15H19N3O2/c19-15(20)10-6-7-18(8-10)14-11-2-1-3-12(11)16-13(17-14)9-4-5-9/h9-10H,1-8H2,(H,19,20). The monoisotopic (exact) mass is 273 g/mol. The van der Waals surface area contributed by atoms with Crippen LogP contribution in [0.15, 0.2) is 0 Å². The molecule has 4 rings (SSSR count). The smallest absolute Gasteiger partial charge is 0.308 e. The van der Waals surface area contributed by atoms with Crippen LogP contribution in [0, 0.1) is 5.92 Å². The Morgan fingerprint density at radius 3 is 2.75 bits per heavy atom. The molecule has 1 atom stereocenters. The molecule has 1 N–H and O–H groups in total. The molecule has 3 aliphatic rings. The van der Waals surface area contributed by atoms with Gasteiger partial charge in [-0.15, -0.1) is 0 Å². The molecule has 1 aromatic heterocycles. The second kappa shape index (κ2) is 4.43. The molecule has 1 saturated carbocycles. The first-order valence-electron chi connectivity index (χ1n) is 7.60. The van der Waals surface area contributed by atoms with Gasteiger partial charge in [-0.3, -0.25) is 4.79 Å². The third-order valence-electron chi connectivity index (χ3n) is 4.71. The quantitative estimate of drug-likeness (QED) is 0.909. The largest absolute Gasteiger partial charge is 0.481 e. The molecule has 0 aromatic carbocycles. The van der Waals surface area contributed by atoms with Gasteiger partial charge < -0.3 is 10.0 Å².